The zero-order valence-electron chi connectivity index (χ0n) is 14.9. The molecule has 2 aromatic carbocycles. The van der Waals surface area contributed by atoms with Gasteiger partial charge < -0.3 is 4.74 Å². The Balaban J connectivity index is 2.22. The summed E-state index contributed by atoms with van der Waals surface area (Å²) in [5.74, 6) is -0.841. The van der Waals surface area contributed by atoms with Crippen molar-refractivity contribution in [2.75, 3.05) is 7.11 Å². The van der Waals surface area contributed by atoms with Gasteiger partial charge in [0.2, 0.25) is 10.0 Å². The van der Waals surface area contributed by atoms with Crippen molar-refractivity contribution < 1.29 is 22.3 Å². The van der Waals surface area contributed by atoms with E-state index in [1.165, 1.54) is 43.5 Å². The number of sulfonamides is 1. The predicted octanol–water partition coefficient (Wildman–Crippen LogP) is 3.01. The number of hydrogen-bond donors (Lipinski definition) is 1. The van der Waals surface area contributed by atoms with Crippen molar-refractivity contribution in [1.82, 2.24) is 4.72 Å². The first-order valence-electron chi connectivity index (χ1n) is 8.17. The summed E-state index contributed by atoms with van der Waals surface area (Å²) in [6, 6.07) is 10.9. The van der Waals surface area contributed by atoms with Crippen molar-refractivity contribution in [3.8, 4) is 0 Å². The Morgan fingerprint density at radius 1 is 1.08 bits per heavy atom. The third kappa shape index (κ3) is 5.12. The summed E-state index contributed by atoms with van der Waals surface area (Å²) in [4.78, 5) is 12.1. The number of ether oxygens (including phenoxy) is 1. The van der Waals surface area contributed by atoms with E-state index in [4.69, 9.17) is 4.74 Å². The number of benzene rings is 2. The highest BCUT2D eigenvalue weighted by atomic mass is 32.2. The first kappa shape index (κ1) is 20.1. The van der Waals surface area contributed by atoms with Gasteiger partial charge in [0, 0.05) is 0 Å². The Morgan fingerprint density at radius 2 is 1.65 bits per heavy atom. The van der Waals surface area contributed by atoms with Crippen molar-refractivity contribution in [1.29, 1.82) is 0 Å². The summed E-state index contributed by atoms with van der Waals surface area (Å²) in [7, 11) is -2.72. The first-order valence-corrected chi connectivity index (χ1v) is 9.66. The maximum atomic E-state index is 13.0. The van der Waals surface area contributed by atoms with Gasteiger partial charge >= 0.3 is 5.97 Å². The number of carbonyl (C=O) groups excluding carboxylic acids is 1. The molecule has 0 saturated carbocycles. The Kier molecular flexibility index (Phi) is 6.50. The maximum Gasteiger partial charge on any atom is 0.324 e. The van der Waals surface area contributed by atoms with Crippen LogP contribution in [0.15, 0.2) is 53.4 Å². The summed E-state index contributed by atoms with van der Waals surface area (Å²) >= 11 is 0. The SMILES string of the molecule is COC(=O)C(Cc1ccc(F)cc1)NS(=O)(=O)c1ccc(C(C)C)cc1. The molecule has 0 amide bonds. The largest absolute Gasteiger partial charge is 0.468 e. The molecule has 2 rings (SSSR count). The highest BCUT2D eigenvalue weighted by Gasteiger charge is 2.26. The lowest BCUT2D eigenvalue weighted by Gasteiger charge is -2.17. The Hall–Kier alpha value is -2.25. The number of rotatable bonds is 7. The molecular weight excluding hydrogens is 357 g/mol. The molecule has 0 spiro atoms. The molecule has 26 heavy (non-hydrogen) atoms. The van der Waals surface area contributed by atoms with Crippen LogP contribution in [0.4, 0.5) is 4.39 Å². The van der Waals surface area contributed by atoms with Gasteiger partial charge in [0.05, 0.1) is 12.0 Å². The molecule has 0 saturated heterocycles. The van der Waals surface area contributed by atoms with Crippen LogP contribution in [0.3, 0.4) is 0 Å². The minimum atomic E-state index is -3.91. The van der Waals surface area contributed by atoms with Gasteiger partial charge in [-0.2, -0.15) is 4.72 Å². The van der Waals surface area contributed by atoms with Crippen molar-refractivity contribution in [2.24, 2.45) is 0 Å². The number of carbonyl (C=O) groups is 1. The molecule has 2 aromatic rings. The average molecular weight is 379 g/mol. The van der Waals surface area contributed by atoms with Crippen molar-refractivity contribution in [3.05, 3.63) is 65.5 Å². The first-order chi connectivity index (χ1) is 12.2. The van der Waals surface area contributed by atoms with E-state index in [0.717, 1.165) is 5.56 Å². The molecule has 0 radical (unpaired) electrons. The summed E-state index contributed by atoms with van der Waals surface area (Å²) in [5.41, 5.74) is 1.62. The van der Waals surface area contributed by atoms with Gasteiger partial charge in [-0.05, 0) is 47.7 Å². The molecule has 0 aliphatic carbocycles. The van der Waals surface area contributed by atoms with Gasteiger partial charge in [0.1, 0.15) is 11.9 Å². The minimum absolute atomic E-state index is 0.0518. The van der Waals surface area contributed by atoms with E-state index in [2.05, 4.69) is 4.72 Å². The van der Waals surface area contributed by atoms with Gasteiger partial charge in [-0.15, -0.1) is 0 Å². The number of methoxy groups -OCH3 is 1. The molecule has 0 aliphatic heterocycles. The van der Waals surface area contributed by atoms with Gasteiger partial charge in [-0.25, -0.2) is 12.8 Å². The zero-order chi connectivity index (χ0) is 19.3. The standard InChI is InChI=1S/C19H22FNO4S/c1-13(2)15-6-10-17(11-7-15)26(23,24)21-18(19(22)25-3)12-14-4-8-16(20)9-5-14/h4-11,13,18,21H,12H2,1-3H3. The van der Waals surface area contributed by atoms with E-state index in [1.807, 2.05) is 13.8 Å². The second kappa shape index (κ2) is 8.42. The van der Waals surface area contributed by atoms with E-state index in [9.17, 15) is 17.6 Å². The third-order valence-corrected chi connectivity index (χ3v) is 5.48. The highest BCUT2D eigenvalue weighted by Crippen LogP contribution is 2.18. The van der Waals surface area contributed by atoms with Crippen molar-refractivity contribution >= 4 is 16.0 Å². The molecule has 7 heteroatoms. The second-order valence-corrected chi connectivity index (χ2v) is 7.97. The monoisotopic (exact) mass is 379 g/mol. The van der Waals surface area contributed by atoms with Crippen LogP contribution in [0, 0.1) is 5.82 Å². The minimum Gasteiger partial charge on any atom is -0.468 e. The van der Waals surface area contributed by atoms with Crippen molar-refractivity contribution in [3.63, 3.8) is 0 Å². The van der Waals surface area contributed by atoms with Crippen LogP contribution in [0.5, 0.6) is 0 Å². The third-order valence-electron chi connectivity index (χ3n) is 3.99. The van der Waals surface area contributed by atoms with Gasteiger partial charge in [0.25, 0.3) is 0 Å². The Bertz CT molecular complexity index is 846. The second-order valence-electron chi connectivity index (χ2n) is 6.25. The van der Waals surface area contributed by atoms with E-state index < -0.39 is 27.9 Å². The van der Waals surface area contributed by atoms with Crippen LogP contribution in [0.2, 0.25) is 0 Å². The molecule has 0 aliphatic rings. The van der Waals surface area contributed by atoms with Gasteiger partial charge in [-0.3, -0.25) is 4.79 Å². The molecule has 1 unspecified atom stereocenters. The van der Waals surface area contributed by atoms with Gasteiger partial charge in [0.15, 0.2) is 0 Å². The summed E-state index contributed by atoms with van der Waals surface area (Å²) in [6.07, 6.45) is 0.0518. The topological polar surface area (TPSA) is 72.5 Å². The highest BCUT2D eigenvalue weighted by molar-refractivity contribution is 7.89. The van der Waals surface area contributed by atoms with Crippen LogP contribution in [-0.2, 0) is 26.0 Å². The zero-order valence-corrected chi connectivity index (χ0v) is 15.7. The molecular formula is C19H22FNO4S. The molecule has 1 atom stereocenters. The summed E-state index contributed by atoms with van der Waals surface area (Å²) < 4.78 is 45.3. The number of hydrogen-bond acceptors (Lipinski definition) is 4. The van der Waals surface area contributed by atoms with Crippen LogP contribution in [0.1, 0.15) is 30.9 Å². The van der Waals surface area contributed by atoms with E-state index in [1.54, 1.807) is 12.1 Å². The Labute approximate surface area is 153 Å². The Morgan fingerprint density at radius 3 is 2.15 bits per heavy atom. The normalized spacial score (nSPS) is 12.8. The summed E-state index contributed by atoms with van der Waals surface area (Å²) in [5, 5.41) is 0. The fourth-order valence-electron chi connectivity index (χ4n) is 2.46. The molecule has 140 valence electrons. The van der Waals surface area contributed by atoms with E-state index in [0.29, 0.717) is 5.56 Å². The van der Waals surface area contributed by atoms with Crippen LogP contribution >= 0.6 is 0 Å². The van der Waals surface area contributed by atoms with E-state index in [-0.39, 0.29) is 17.2 Å². The van der Waals surface area contributed by atoms with Crippen LogP contribution < -0.4 is 4.72 Å². The van der Waals surface area contributed by atoms with Gasteiger partial charge in [-0.1, -0.05) is 38.1 Å². The molecule has 0 bridgehead atoms. The summed E-state index contributed by atoms with van der Waals surface area (Å²) in [6.45, 7) is 4.02. The smallest absolute Gasteiger partial charge is 0.324 e. The molecule has 0 fully saturated rings. The maximum absolute atomic E-state index is 13.0. The molecule has 0 heterocycles. The van der Waals surface area contributed by atoms with Crippen LogP contribution in [-0.4, -0.2) is 27.5 Å². The lowest BCUT2D eigenvalue weighted by Crippen LogP contribution is -2.43. The molecule has 1 N–H and O–H groups in total. The number of nitrogens with one attached hydrogen (secondary N) is 1. The van der Waals surface area contributed by atoms with Crippen LogP contribution in [0.25, 0.3) is 0 Å². The average Bonchev–Trinajstić information content (AvgIpc) is 2.62. The molecule has 5 nitrogen and oxygen atoms in total. The lowest BCUT2D eigenvalue weighted by molar-refractivity contribution is -0.142. The fraction of sp³-hybridized carbons (Fsp3) is 0.316. The number of esters is 1. The fourth-order valence-corrected chi connectivity index (χ4v) is 3.64. The predicted molar refractivity (Wildman–Crippen MR) is 96.8 cm³/mol. The number of halogens is 1. The quantitative estimate of drug-likeness (QED) is 0.751. The molecule has 0 aromatic heterocycles. The van der Waals surface area contributed by atoms with Crippen molar-refractivity contribution in [2.45, 2.75) is 37.1 Å². The van der Waals surface area contributed by atoms with E-state index >= 15 is 0 Å². The lowest BCUT2D eigenvalue weighted by atomic mass is 10.0.